The molecule has 0 atom stereocenters. The minimum Gasteiger partial charge on any atom is -0.507 e. The summed E-state index contributed by atoms with van der Waals surface area (Å²) < 4.78 is 11.5. The number of phenolic OH excluding ortho intramolecular Hbond substituents is 1. The van der Waals surface area contributed by atoms with Crippen LogP contribution in [0.1, 0.15) is 39.9 Å². The summed E-state index contributed by atoms with van der Waals surface area (Å²) in [6.45, 7) is 2.75. The van der Waals surface area contributed by atoms with Crippen LogP contribution in [0.15, 0.2) is 71.8 Å². The smallest absolute Gasteiger partial charge is 0.196 e. The van der Waals surface area contributed by atoms with Crippen molar-refractivity contribution in [1.82, 2.24) is 0 Å². The van der Waals surface area contributed by atoms with Crippen LogP contribution in [0.4, 0.5) is 0 Å². The molecule has 32 heavy (non-hydrogen) atoms. The van der Waals surface area contributed by atoms with Crippen molar-refractivity contribution >= 4 is 11.6 Å². The molecule has 0 aliphatic rings. The van der Waals surface area contributed by atoms with E-state index in [-0.39, 0.29) is 22.9 Å². The van der Waals surface area contributed by atoms with Gasteiger partial charge in [-0.2, -0.15) is 5.10 Å². The number of carbonyl (C=O) groups is 1. The Hall–Kier alpha value is -4.00. The van der Waals surface area contributed by atoms with Gasteiger partial charge in [-0.15, -0.1) is 0 Å². The van der Waals surface area contributed by atoms with E-state index in [0.29, 0.717) is 30.1 Å². The molecular weight excluding hydrogens is 406 g/mol. The summed E-state index contributed by atoms with van der Waals surface area (Å²) in [6, 6.07) is 19.4. The van der Waals surface area contributed by atoms with Gasteiger partial charge in [0.05, 0.1) is 18.8 Å². The number of benzene rings is 3. The molecule has 0 amide bonds. The molecular formula is C25H27N3O4. The Bertz CT molecular complexity index is 1080. The minimum atomic E-state index is -0.221. The van der Waals surface area contributed by atoms with Gasteiger partial charge in [0.15, 0.2) is 5.78 Å². The quantitative estimate of drug-likeness (QED) is 0.112. The van der Waals surface area contributed by atoms with Crippen LogP contribution in [0.25, 0.3) is 0 Å². The van der Waals surface area contributed by atoms with Gasteiger partial charge in [0.2, 0.25) is 0 Å². The summed E-state index contributed by atoms with van der Waals surface area (Å²) in [5.74, 6) is 6.45. The number of ketones is 1. The molecule has 0 unspecified atom stereocenters. The number of aromatic hydroxyl groups is 1. The predicted molar refractivity (Wildman–Crippen MR) is 124 cm³/mol. The number of ether oxygens (including phenoxy) is 2. The fourth-order valence-corrected chi connectivity index (χ4v) is 3.14. The lowest BCUT2D eigenvalue weighted by Crippen LogP contribution is -2.15. The van der Waals surface area contributed by atoms with Gasteiger partial charge in [0.1, 0.15) is 23.1 Å². The average Bonchev–Trinajstić information content (AvgIpc) is 2.84. The molecule has 0 bridgehead atoms. The van der Waals surface area contributed by atoms with Crippen LogP contribution >= 0.6 is 0 Å². The largest absolute Gasteiger partial charge is 0.507 e. The Labute approximate surface area is 187 Å². The molecule has 5 N–H and O–H groups in total. The van der Waals surface area contributed by atoms with E-state index in [2.05, 4.69) is 5.10 Å². The number of nitrogens with two attached hydrogens (primary N) is 2. The summed E-state index contributed by atoms with van der Waals surface area (Å²) >= 11 is 0. The number of carbonyl (C=O) groups excluding carboxylic acids is 1. The number of hydrogen-bond donors (Lipinski definition) is 3. The molecule has 7 heteroatoms. The van der Waals surface area contributed by atoms with Crippen molar-refractivity contribution in [1.29, 1.82) is 0 Å². The first kappa shape index (κ1) is 22.7. The van der Waals surface area contributed by atoms with Crippen molar-refractivity contribution in [3.63, 3.8) is 0 Å². The summed E-state index contributed by atoms with van der Waals surface area (Å²) in [7, 11) is 0. The van der Waals surface area contributed by atoms with Crippen LogP contribution in [0.2, 0.25) is 0 Å². The van der Waals surface area contributed by atoms with Crippen molar-refractivity contribution in [3.8, 4) is 17.2 Å². The van der Waals surface area contributed by atoms with E-state index in [0.717, 1.165) is 24.2 Å². The third-order valence-electron chi connectivity index (χ3n) is 5.02. The summed E-state index contributed by atoms with van der Waals surface area (Å²) in [4.78, 5) is 12.6. The number of amidine groups is 1. The van der Waals surface area contributed by atoms with Crippen LogP contribution in [0.3, 0.4) is 0 Å². The minimum absolute atomic E-state index is 0.0524. The second-order valence-corrected chi connectivity index (χ2v) is 7.22. The number of phenols is 1. The maximum atomic E-state index is 12.6. The predicted octanol–water partition coefficient (Wildman–Crippen LogP) is 3.75. The van der Waals surface area contributed by atoms with Crippen molar-refractivity contribution in [3.05, 3.63) is 89.0 Å². The fourth-order valence-electron chi connectivity index (χ4n) is 3.14. The SMILES string of the molecule is Cc1c(OCCCCOc2ccc(/C(N)=N/N)cc2)ccc(C(=O)c2ccccc2)c1O. The Kier molecular flexibility index (Phi) is 7.70. The van der Waals surface area contributed by atoms with E-state index in [1.807, 2.05) is 18.2 Å². The van der Waals surface area contributed by atoms with Gasteiger partial charge in [-0.05, 0) is 56.2 Å². The van der Waals surface area contributed by atoms with Crippen molar-refractivity contribution in [2.45, 2.75) is 19.8 Å². The molecule has 3 aromatic carbocycles. The Balaban J connectivity index is 1.46. The lowest BCUT2D eigenvalue weighted by Gasteiger charge is -2.13. The van der Waals surface area contributed by atoms with E-state index < -0.39 is 0 Å². The lowest BCUT2D eigenvalue weighted by atomic mass is 10.00. The van der Waals surface area contributed by atoms with Gasteiger partial charge < -0.3 is 26.2 Å². The first-order valence-electron chi connectivity index (χ1n) is 10.3. The summed E-state index contributed by atoms with van der Waals surface area (Å²) in [5.41, 5.74) is 7.73. The zero-order valence-electron chi connectivity index (χ0n) is 18.0. The highest BCUT2D eigenvalue weighted by Gasteiger charge is 2.17. The zero-order chi connectivity index (χ0) is 22.9. The molecule has 3 aromatic rings. The first-order valence-corrected chi connectivity index (χ1v) is 10.3. The third-order valence-corrected chi connectivity index (χ3v) is 5.02. The zero-order valence-corrected chi connectivity index (χ0v) is 18.0. The summed E-state index contributed by atoms with van der Waals surface area (Å²) in [5, 5.41) is 14.0. The van der Waals surface area contributed by atoms with E-state index in [4.69, 9.17) is 21.1 Å². The van der Waals surface area contributed by atoms with Gasteiger partial charge in [0.25, 0.3) is 0 Å². The number of rotatable bonds is 10. The number of hydrazone groups is 1. The fraction of sp³-hybridized carbons (Fsp3) is 0.200. The Morgan fingerprint density at radius 1 is 0.906 bits per heavy atom. The molecule has 0 fully saturated rings. The number of nitrogens with zero attached hydrogens (tertiary/aromatic N) is 1. The highest BCUT2D eigenvalue weighted by Crippen LogP contribution is 2.32. The van der Waals surface area contributed by atoms with Crippen LogP contribution in [-0.4, -0.2) is 29.9 Å². The van der Waals surface area contributed by atoms with Gasteiger partial charge in [-0.25, -0.2) is 0 Å². The molecule has 0 aliphatic carbocycles. The van der Waals surface area contributed by atoms with Crippen LogP contribution < -0.4 is 21.1 Å². The third kappa shape index (κ3) is 5.57. The second-order valence-electron chi connectivity index (χ2n) is 7.22. The van der Waals surface area contributed by atoms with E-state index in [9.17, 15) is 9.90 Å². The maximum Gasteiger partial charge on any atom is 0.196 e. The number of hydrogen-bond acceptors (Lipinski definition) is 6. The molecule has 0 radical (unpaired) electrons. The molecule has 0 saturated carbocycles. The monoisotopic (exact) mass is 433 g/mol. The normalized spacial score (nSPS) is 11.2. The van der Waals surface area contributed by atoms with E-state index in [1.165, 1.54) is 0 Å². The van der Waals surface area contributed by atoms with Crippen molar-refractivity contribution in [2.24, 2.45) is 16.7 Å². The molecule has 0 aromatic heterocycles. The topological polar surface area (TPSA) is 120 Å². The molecule has 0 spiro atoms. The van der Waals surface area contributed by atoms with Gasteiger partial charge in [0, 0.05) is 16.7 Å². The average molecular weight is 434 g/mol. The molecule has 166 valence electrons. The Morgan fingerprint density at radius 3 is 2.22 bits per heavy atom. The molecule has 0 aliphatic heterocycles. The van der Waals surface area contributed by atoms with Gasteiger partial charge >= 0.3 is 0 Å². The highest BCUT2D eigenvalue weighted by atomic mass is 16.5. The highest BCUT2D eigenvalue weighted by molar-refractivity contribution is 6.11. The van der Waals surface area contributed by atoms with Crippen LogP contribution in [-0.2, 0) is 0 Å². The molecule has 3 rings (SSSR count). The van der Waals surface area contributed by atoms with Gasteiger partial charge in [-0.1, -0.05) is 30.3 Å². The molecule has 7 nitrogen and oxygen atoms in total. The molecule has 0 heterocycles. The Morgan fingerprint density at radius 2 is 1.56 bits per heavy atom. The van der Waals surface area contributed by atoms with E-state index >= 15 is 0 Å². The van der Waals surface area contributed by atoms with Crippen molar-refractivity contribution < 1.29 is 19.4 Å². The lowest BCUT2D eigenvalue weighted by molar-refractivity contribution is 0.103. The van der Waals surface area contributed by atoms with Gasteiger partial charge in [-0.3, -0.25) is 4.79 Å². The van der Waals surface area contributed by atoms with Crippen LogP contribution in [0, 0.1) is 6.92 Å². The summed E-state index contributed by atoms with van der Waals surface area (Å²) in [6.07, 6.45) is 1.57. The number of unbranched alkanes of at least 4 members (excludes halogenated alkanes) is 1. The first-order chi connectivity index (χ1) is 15.5. The molecule has 0 saturated heterocycles. The standard InChI is InChI=1S/C25H27N3O4/c1-17-22(14-13-21(23(17)29)24(30)18-7-3-2-4-8-18)32-16-6-5-15-31-20-11-9-19(10-12-20)25(26)28-27/h2-4,7-14,29H,5-6,15-16,27H2,1H3,(H2,26,28). The van der Waals surface area contributed by atoms with Crippen LogP contribution in [0.5, 0.6) is 17.2 Å². The second kappa shape index (κ2) is 10.9. The maximum absolute atomic E-state index is 12.6. The van der Waals surface area contributed by atoms with Crippen molar-refractivity contribution in [2.75, 3.05) is 13.2 Å². The van der Waals surface area contributed by atoms with E-state index in [1.54, 1.807) is 55.5 Å².